The Morgan fingerprint density at radius 3 is 2.59 bits per heavy atom. The fourth-order valence-electron chi connectivity index (χ4n) is 5.90. The highest BCUT2D eigenvalue weighted by atomic mass is 16.5. The smallest absolute Gasteiger partial charge is 0.222 e. The summed E-state index contributed by atoms with van der Waals surface area (Å²) in [4.78, 5) is 21.9. The summed E-state index contributed by atoms with van der Waals surface area (Å²) in [6.07, 6.45) is 8.71. The van der Waals surface area contributed by atoms with Crippen molar-refractivity contribution in [2.45, 2.75) is 32.6 Å². The molecule has 6 rings (SSSR count). The van der Waals surface area contributed by atoms with E-state index in [1.54, 1.807) is 16.9 Å². The highest BCUT2D eigenvalue weighted by molar-refractivity contribution is 5.85. The fraction of sp³-hybridized carbons (Fsp3) is 0.355. The Kier molecular flexibility index (Phi) is 6.65. The number of nitriles is 1. The van der Waals surface area contributed by atoms with Crippen molar-refractivity contribution in [3.05, 3.63) is 78.2 Å². The molecule has 2 aliphatic heterocycles. The topological polar surface area (TPSA) is 86.8 Å². The van der Waals surface area contributed by atoms with Crippen LogP contribution >= 0.6 is 0 Å². The molecule has 8 nitrogen and oxygen atoms in total. The van der Waals surface area contributed by atoms with Crippen molar-refractivity contribution in [2.24, 2.45) is 5.41 Å². The monoisotopic (exact) mass is 520 g/mol. The zero-order valence-corrected chi connectivity index (χ0v) is 22.2. The minimum atomic E-state index is 0.266. The molecule has 8 heteroatoms. The predicted molar refractivity (Wildman–Crippen MR) is 150 cm³/mol. The summed E-state index contributed by atoms with van der Waals surface area (Å²) in [5.74, 6) is 1.92. The molecule has 2 saturated heterocycles. The molecular weight excluding hydrogens is 488 g/mol. The molecule has 0 unspecified atom stereocenters. The van der Waals surface area contributed by atoms with Gasteiger partial charge < -0.3 is 14.5 Å². The molecule has 0 bridgehead atoms. The SMILES string of the molecule is CCOc1cc(-c2ccc(N3CC4(CCN(C(=O)CCc5ccccc5)CC4)C3)nc2)c2c(C#N)cnn2c1. The van der Waals surface area contributed by atoms with E-state index in [1.807, 2.05) is 42.3 Å². The third-order valence-corrected chi connectivity index (χ3v) is 8.10. The van der Waals surface area contributed by atoms with Crippen LogP contribution in [0, 0.1) is 16.7 Å². The number of fused-ring (bicyclic) bond motifs is 1. The lowest BCUT2D eigenvalue weighted by Gasteiger charge is -2.54. The number of carbonyl (C=O) groups is 1. The number of hydrogen-bond acceptors (Lipinski definition) is 6. The van der Waals surface area contributed by atoms with Crippen LogP contribution in [0.15, 0.2) is 67.1 Å². The summed E-state index contributed by atoms with van der Waals surface area (Å²) in [6.45, 7) is 6.11. The summed E-state index contributed by atoms with van der Waals surface area (Å²) in [7, 11) is 0. The zero-order valence-electron chi connectivity index (χ0n) is 22.2. The number of carbonyl (C=O) groups excluding carboxylic acids is 1. The van der Waals surface area contributed by atoms with Crippen LogP contribution < -0.4 is 9.64 Å². The number of ether oxygens (including phenoxy) is 1. The molecule has 1 spiro atoms. The third kappa shape index (κ3) is 4.92. The maximum absolute atomic E-state index is 12.8. The lowest BCUT2D eigenvalue weighted by molar-refractivity contribution is -0.133. The number of anilines is 1. The van der Waals surface area contributed by atoms with Crippen LogP contribution in [0.25, 0.3) is 16.6 Å². The van der Waals surface area contributed by atoms with Gasteiger partial charge in [0.25, 0.3) is 0 Å². The quantitative estimate of drug-likeness (QED) is 0.350. The van der Waals surface area contributed by atoms with Crippen LogP contribution in [-0.2, 0) is 11.2 Å². The van der Waals surface area contributed by atoms with Crippen molar-refractivity contribution in [2.75, 3.05) is 37.7 Å². The molecule has 0 N–H and O–H groups in total. The van der Waals surface area contributed by atoms with Gasteiger partial charge in [0, 0.05) is 55.3 Å². The van der Waals surface area contributed by atoms with Gasteiger partial charge in [-0.05, 0) is 49.9 Å². The van der Waals surface area contributed by atoms with Crippen molar-refractivity contribution in [1.82, 2.24) is 19.5 Å². The standard InChI is InChI=1S/C31H32N6O2/c1-2-39-26-16-27(30-25(17-32)19-34-37(30)20-26)24-9-10-28(33-18-24)36-21-31(22-36)12-14-35(15-13-31)29(38)11-8-23-6-4-3-5-7-23/h3-7,9-10,16,18-20H,2,8,11-15,21-22H2,1H3. The molecule has 4 aromatic rings. The Labute approximate surface area is 228 Å². The molecule has 39 heavy (non-hydrogen) atoms. The van der Waals surface area contributed by atoms with E-state index in [9.17, 15) is 10.1 Å². The van der Waals surface area contributed by atoms with E-state index in [4.69, 9.17) is 9.72 Å². The average Bonchev–Trinajstić information content (AvgIpc) is 3.38. The highest BCUT2D eigenvalue weighted by Crippen LogP contribution is 2.42. The second-order valence-electron chi connectivity index (χ2n) is 10.6. The van der Waals surface area contributed by atoms with Crippen LogP contribution in [0.3, 0.4) is 0 Å². The van der Waals surface area contributed by atoms with Crippen LogP contribution in [0.1, 0.15) is 37.3 Å². The molecule has 1 amide bonds. The highest BCUT2D eigenvalue weighted by Gasteiger charge is 2.45. The van der Waals surface area contributed by atoms with Crippen molar-refractivity contribution in [3.63, 3.8) is 0 Å². The maximum atomic E-state index is 12.8. The number of nitrogens with zero attached hydrogens (tertiary/aromatic N) is 6. The van der Waals surface area contributed by atoms with Gasteiger partial charge in [-0.2, -0.15) is 10.4 Å². The number of aromatic nitrogens is 3. The first-order chi connectivity index (χ1) is 19.1. The van der Waals surface area contributed by atoms with Crippen LogP contribution in [-0.4, -0.2) is 58.2 Å². The first-order valence-corrected chi connectivity index (χ1v) is 13.6. The first-order valence-electron chi connectivity index (χ1n) is 13.6. The van der Waals surface area contributed by atoms with E-state index in [0.29, 0.717) is 24.3 Å². The number of piperidine rings is 1. The van der Waals surface area contributed by atoms with E-state index in [1.165, 1.54) is 5.56 Å². The third-order valence-electron chi connectivity index (χ3n) is 8.10. The Hall–Kier alpha value is -4.38. The van der Waals surface area contributed by atoms with Crippen molar-refractivity contribution in [3.8, 4) is 22.9 Å². The van der Waals surface area contributed by atoms with E-state index < -0.39 is 0 Å². The molecule has 1 aromatic carbocycles. The molecule has 0 aliphatic carbocycles. The number of rotatable bonds is 7. The van der Waals surface area contributed by atoms with Gasteiger partial charge in [-0.25, -0.2) is 9.50 Å². The summed E-state index contributed by atoms with van der Waals surface area (Å²) in [6, 6.07) is 18.5. The van der Waals surface area contributed by atoms with Crippen LogP contribution in [0.2, 0.25) is 0 Å². The number of pyridine rings is 2. The average molecular weight is 521 g/mol. The van der Waals surface area contributed by atoms with Gasteiger partial charge in [-0.15, -0.1) is 0 Å². The largest absolute Gasteiger partial charge is 0.492 e. The van der Waals surface area contributed by atoms with Gasteiger partial charge in [0.1, 0.15) is 17.6 Å². The van der Waals surface area contributed by atoms with Gasteiger partial charge in [0.05, 0.1) is 30.1 Å². The minimum Gasteiger partial charge on any atom is -0.492 e. The van der Waals surface area contributed by atoms with Gasteiger partial charge >= 0.3 is 0 Å². The van der Waals surface area contributed by atoms with Crippen LogP contribution in [0.5, 0.6) is 5.75 Å². The second kappa shape index (κ2) is 10.4. The van der Waals surface area contributed by atoms with Gasteiger partial charge in [0.2, 0.25) is 5.91 Å². The Balaban J connectivity index is 1.08. The van der Waals surface area contributed by atoms with Crippen molar-refractivity contribution < 1.29 is 9.53 Å². The molecule has 2 aliphatic rings. The lowest BCUT2D eigenvalue weighted by Crippen LogP contribution is -2.61. The van der Waals surface area contributed by atoms with E-state index >= 15 is 0 Å². The van der Waals surface area contributed by atoms with Crippen molar-refractivity contribution in [1.29, 1.82) is 5.26 Å². The number of benzene rings is 1. The molecule has 0 saturated carbocycles. The maximum Gasteiger partial charge on any atom is 0.222 e. The molecule has 198 valence electrons. The Morgan fingerprint density at radius 2 is 1.90 bits per heavy atom. The van der Waals surface area contributed by atoms with E-state index in [2.05, 4.69) is 40.3 Å². The molecule has 2 fully saturated rings. The normalized spacial score (nSPS) is 16.2. The first kappa shape index (κ1) is 24.9. The molecule has 0 radical (unpaired) electrons. The summed E-state index contributed by atoms with van der Waals surface area (Å²) < 4.78 is 7.43. The van der Waals surface area contributed by atoms with E-state index in [-0.39, 0.29) is 11.3 Å². The van der Waals surface area contributed by atoms with Crippen molar-refractivity contribution >= 4 is 17.2 Å². The molecular formula is C31H32N6O2. The number of amides is 1. The Morgan fingerprint density at radius 1 is 1.10 bits per heavy atom. The molecule has 0 atom stereocenters. The number of aryl methyl sites for hydroxylation is 1. The summed E-state index contributed by atoms with van der Waals surface area (Å²) in [5, 5.41) is 13.9. The zero-order chi connectivity index (χ0) is 26.8. The fourth-order valence-corrected chi connectivity index (χ4v) is 5.90. The molecule has 3 aromatic heterocycles. The van der Waals surface area contributed by atoms with Gasteiger partial charge in [0.15, 0.2) is 0 Å². The van der Waals surface area contributed by atoms with Gasteiger partial charge in [-0.1, -0.05) is 30.3 Å². The number of likely N-dealkylation sites (tertiary alicyclic amines) is 1. The van der Waals surface area contributed by atoms with E-state index in [0.717, 1.165) is 67.9 Å². The van der Waals surface area contributed by atoms with Crippen LogP contribution in [0.4, 0.5) is 5.82 Å². The second-order valence-corrected chi connectivity index (χ2v) is 10.6. The lowest BCUT2D eigenvalue weighted by atomic mass is 9.72. The minimum absolute atomic E-state index is 0.266. The Bertz CT molecular complexity index is 1510. The molecule has 5 heterocycles. The summed E-state index contributed by atoms with van der Waals surface area (Å²) in [5.41, 5.74) is 4.55. The summed E-state index contributed by atoms with van der Waals surface area (Å²) >= 11 is 0. The number of hydrogen-bond donors (Lipinski definition) is 0. The predicted octanol–water partition coefficient (Wildman–Crippen LogP) is 4.73. The van der Waals surface area contributed by atoms with Gasteiger partial charge in [-0.3, -0.25) is 4.79 Å².